The van der Waals surface area contributed by atoms with Crippen LogP contribution in [0.2, 0.25) is 10.0 Å². The van der Waals surface area contributed by atoms with Crippen LogP contribution in [-0.4, -0.2) is 0 Å². The average Bonchev–Trinajstić information content (AvgIpc) is 2.10. The highest BCUT2D eigenvalue weighted by molar-refractivity contribution is 6.33. The molecule has 0 saturated heterocycles. The van der Waals surface area contributed by atoms with Gasteiger partial charge in [0.25, 0.3) is 0 Å². The van der Waals surface area contributed by atoms with Gasteiger partial charge in [0.15, 0.2) is 0 Å². The fourth-order valence-electron chi connectivity index (χ4n) is 0.945. The lowest BCUT2D eigenvalue weighted by molar-refractivity contribution is 0.624. The molecule has 70 valence electrons. The van der Waals surface area contributed by atoms with Crippen LogP contribution in [0.25, 0.3) is 0 Å². The van der Waals surface area contributed by atoms with Crippen LogP contribution in [0, 0.1) is 5.82 Å². The van der Waals surface area contributed by atoms with Gasteiger partial charge >= 0.3 is 0 Å². The molecule has 0 aromatic heterocycles. The Bertz CT molecular complexity index is 339. The summed E-state index contributed by atoms with van der Waals surface area (Å²) < 4.78 is 13.0. The lowest BCUT2D eigenvalue weighted by Gasteiger charge is -2.09. The van der Waals surface area contributed by atoms with E-state index in [1.807, 2.05) is 0 Å². The first-order chi connectivity index (χ1) is 6.06. The third-order valence-corrected chi connectivity index (χ3v) is 2.25. The summed E-state index contributed by atoms with van der Waals surface area (Å²) in [5.41, 5.74) is 6.05. The van der Waals surface area contributed by atoms with Crippen molar-refractivity contribution in [3.8, 4) is 0 Å². The Morgan fingerprint density at radius 1 is 1.46 bits per heavy atom. The first-order valence-corrected chi connectivity index (χ1v) is 4.34. The van der Waals surface area contributed by atoms with E-state index in [0.717, 1.165) is 6.07 Å². The van der Waals surface area contributed by atoms with Crippen LogP contribution in [0.4, 0.5) is 4.39 Å². The topological polar surface area (TPSA) is 26.0 Å². The molecule has 1 rings (SSSR count). The standard InChI is InChI=1S/C9H8Cl2FN/c1-2-8(13)6-3-5(10)4-7(12)9(6)11/h2-4,8H,1,13H2/t8-/m0/s1. The van der Waals surface area contributed by atoms with E-state index in [0.29, 0.717) is 5.56 Å². The molecule has 0 spiro atoms. The largest absolute Gasteiger partial charge is 0.321 e. The summed E-state index contributed by atoms with van der Waals surface area (Å²) >= 11 is 11.3. The Hall–Kier alpha value is -0.570. The molecule has 0 saturated carbocycles. The van der Waals surface area contributed by atoms with Crippen molar-refractivity contribution in [3.63, 3.8) is 0 Å². The quantitative estimate of drug-likeness (QED) is 0.600. The highest BCUT2D eigenvalue weighted by atomic mass is 35.5. The van der Waals surface area contributed by atoms with Crippen LogP contribution in [0.15, 0.2) is 24.8 Å². The van der Waals surface area contributed by atoms with E-state index in [1.165, 1.54) is 12.1 Å². The van der Waals surface area contributed by atoms with Crippen LogP contribution in [0.5, 0.6) is 0 Å². The third kappa shape index (κ3) is 2.21. The molecule has 0 fully saturated rings. The predicted octanol–water partition coefficient (Wildman–Crippen LogP) is 3.32. The van der Waals surface area contributed by atoms with Gasteiger partial charge in [-0.3, -0.25) is 0 Å². The predicted molar refractivity (Wildman–Crippen MR) is 53.5 cm³/mol. The summed E-state index contributed by atoms with van der Waals surface area (Å²) in [4.78, 5) is 0. The van der Waals surface area contributed by atoms with Gasteiger partial charge in [0.05, 0.1) is 5.02 Å². The molecule has 0 aliphatic carbocycles. The number of rotatable bonds is 2. The number of nitrogens with two attached hydrogens (primary N) is 1. The molecule has 1 atom stereocenters. The maximum Gasteiger partial charge on any atom is 0.143 e. The summed E-state index contributed by atoms with van der Waals surface area (Å²) in [6, 6.07) is 2.17. The van der Waals surface area contributed by atoms with Gasteiger partial charge < -0.3 is 5.73 Å². The van der Waals surface area contributed by atoms with Crippen LogP contribution < -0.4 is 5.73 Å². The average molecular weight is 220 g/mol. The van der Waals surface area contributed by atoms with Gasteiger partial charge in [0, 0.05) is 11.1 Å². The SMILES string of the molecule is C=C[C@H](N)c1cc(Cl)cc(F)c1Cl. The Balaban J connectivity index is 3.27. The molecule has 0 aliphatic rings. The van der Waals surface area contributed by atoms with Gasteiger partial charge in [0.1, 0.15) is 5.82 Å². The molecule has 2 N–H and O–H groups in total. The van der Waals surface area contributed by atoms with Crippen molar-refractivity contribution in [1.82, 2.24) is 0 Å². The smallest absolute Gasteiger partial charge is 0.143 e. The minimum absolute atomic E-state index is 0.00296. The van der Waals surface area contributed by atoms with Crippen molar-refractivity contribution in [2.24, 2.45) is 5.73 Å². The van der Waals surface area contributed by atoms with E-state index in [2.05, 4.69) is 6.58 Å². The molecule has 0 bridgehead atoms. The molecule has 1 aromatic carbocycles. The number of hydrogen-bond acceptors (Lipinski definition) is 1. The second kappa shape index (κ2) is 4.09. The maximum atomic E-state index is 13.0. The van der Waals surface area contributed by atoms with Gasteiger partial charge in [-0.25, -0.2) is 4.39 Å². The molecule has 1 nitrogen and oxygen atoms in total. The van der Waals surface area contributed by atoms with E-state index in [4.69, 9.17) is 28.9 Å². The highest BCUT2D eigenvalue weighted by Crippen LogP contribution is 2.28. The van der Waals surface area contributed by atoms with E-state index in [1.54, 1.807) is 0 Å². The van der Waals surface area contributed by atoms with Crippen molar-refractivity contribution in [2.45, 2.75) is 6.04 Å². The normalized spacial score (nSPS) is 12.6. The molecular formula is C9H8Cl2FN. The molecular weight excluding hydrogens is 212 g/mol. The Morgan fingerprint density at radius 3 is 2.62 bits per heavy atom. The Labute approximate surface area is 85.9 Å². The molecule has 0 heterocycles. The van der Waals surface area contributed by atoms with E-state index < -0.39 is 11.9 Å². The molecule has 1 aromatic rings. The first-order valence-electron chi connectivity index (χ1n) is 3.59. The minimum Gasteiger partial charge on any atom is -0.321 e. The number of benzene rings is 1. The van der Waals surface area contributed by atoms with Crippen molar-refractivity contribution >= 4 is 23.2 Å². The molecule has 0 aliphatic heterocycles. The summed E-state index contributed by atoms with van der Waals surface area (Å²) in [7, 11) is 0. The third-order valence-electron chi connectivity index (χ3n) is 1.63. The van der Waals surface area contributed by atoms with Crippen LogP contribution in [0.1, 0.15) is 11.6 Å². The minimum atomic E-state index is -0.568. The lowest BCUT2D eigenvalue weighted by Crippen LogP contribution is -2.07. The zero-order valence-electron chi connectivity index (χ0n) is 6.73. The molecule has 4 heteroatoms. The van der Waals surface area contributed by atoms with Crippen molar-refractivity contribution < 1.29 is 4.39 Å². The van der Waals surface area contributed by atoms with Crippen molar-refractivity contribution in [2.75, 3.05) is 0 Å². The van der Waals surface area contributed by atoms with Crippen molar-refractivity contribution in [3.05, 3.63) is 46.2 Å². The molecule has 0 amide bonds. The maximum absolute atomic E-state index is 13.0. The van der Waals surface area contributed by atoms with Gasteiger partial charge in [-0.1, -0.05) is 29.3 Å². The molecule has 0 unspecified atom stereocenters. The van der Waals surface area contributed by atoms with Gasteiger partial charge in [-0.15, -0.1) is 6.58 Å². The van der Waals surface area contributed by atoms with E-state index in [-0.39, 0.29) is 10.0 Å². The van der Waals surface area contributed by atoms with Crippen LogP contribution in [0.3, 0.4) is 0 Å². The Kier molecular flexibility index (Phi) is 3.31. The van der Waals surface area contributed by atoms with E-state index in [9.17, 15) is 4.39 Å². The molecule has 0 radical (unpaired) electrons. The van der Waals surface area contributed by atoms with Gasteiger partial charge in [-0.2, -0.15) is 0 Å². The Morgan fingerprint density at radius 2 is 2.08 bits per heavy atom. The van der Waals surface area contributed by atoms with E-state index >= 15 is 0 Å². The fraction of sp³-hybridized carbons (Fsp3) is 0.111. The summed E-state index contributed by atoms with van der Waals surface area (Å²) in [6.45, 7) is 3.49. The molecule has 13 heavy (non-hydrogen) atoms. The van der Waals surface area contributed by atoms with Gasteiger partial charge in [-0.05, 0) is 17.7 Å². The second-order valence-electron chi connectivity index (χ2n) is 2.55. The lowest BCUT2D eigenvalue weighted by atomic mass is 10.1. The summed E-state index contributed by atoms with van der Waals surface area (Å²) in [5, 5.41) is 0.269. The number of halogens is 3. The zero-order valence-corrected chi connectivity index (χ0v) is 8.24. The second-order valence-corrected chi connectivity index (χ2v) is 3.37. The fourth-order valence-corrected chi connectivity index (χ4v) is 1.39. The highest BCUT2D eigenvalue weighted by Gasteiger charge is 2.12. The van der Waals surface area contributed by atoms with Gasteiger partial charge in [0.2, 0.25) is 0 Å². The monoisotopic (exact) mass is 219 g/mol. The van der Waals surface area contributed by atoms with Crippen molar-refractivity contribution in [1.29, 1.82) is 0 Å². The van der Waals surface area contributed by atoms with Crippen LogP contribution >= 0.6 is 23.2 Å². The first kappa shape index (κ1) is 10.5. The van der Waals surface area contributed by atoms with Crippen LogP contribution in [-0.2, 0) is 0 Å². The summed E-state index contributed by atoms with van der Waals surface area (Å²) in [5.74, 6) is -0.568. The zero-order chi connectivity index (χ0) is 10.0. The number of hydrogen-bond donors (Lipinski definition) is 1. The summed E-state index contributed by atoms with van der Waals surface area (Å²) in [6.07, 6.45) is 1.47.